The van der Waals surface area contributed by atoms with Gasteiger partial charge in [0.1, 0.15) is 18.1 Å². The molecule has 0 unspecified atom stereocenters. The molecule has 3 aromatic rings. The highest BCUT2D eigenvalue weighted by molar-refractivity contribution is 7.92. The lowest BCUT2D eigenvalue weighted by molar-refractivity contribution is 0.0526. The molecule has 11 heteroatoms. The van der Waals surface area contributed by atoms with Crippen molar-refractivity contribution in [3.63, 3.8) is 0 Å². The molecule has 0 radical (unpaired) electrons. The third-order valence-corrected chi connectivity index (χ3v) is 6.37. The van der Waals surface area contributed by atoms with Gasteiger partial charge in [0.25, 0.3) is 0 Å². The number of phenols is 1. The zero-order chi connectivity index (χ0) is 27.9. The van der Waals surface area contributed by atoms with Crippen molar-refractivity contribution in [2.75, 3.05) is 37.3 Å². The van der Waals surface area contributed by atoms with Crippen molar-refractivity contribution >= 4 is 34.1 Å². The van der Waals surface area contributed by atoms with Crippen molar-refractivity contribution in [2.45, 2.75) is 26.9 Å². The summed E-state index contributed by atoms with van der Waals surface area (Å²) < 4.78 is 36.1. The van der Waals surface area contributed by atoms with Gasteiger partial charge in [0.15, 0.2) is 0 Å². The predicted molar refractivity (Wildman–Crippen MR) is 154 cm³/mol. The van der Waals surface area contributed by atoms with Crippen molar-refractivity contribution < 1.29 is 32.9 Å². The lowest BCUT2D eigenvalue weighted by atomic mass is 9.95. The van der Waals surface area contributed by atoms with Crippen LogP contribution >= 0.6 is 12.4 Å². The number of phenolic OH excluding ortho intramolecular Hbond substituents is 1. The Bertz CT molecular complexity index is 1360. The van der Waals surface area contributed by atoms with Gasteiger partial charge in [-0.3, -0.25) is 4.72 Å². The van der Waals surface area contributed by atoms with Crippen LogP contribution in [0.15, 0.2) is 54.6 Å². The van der Waals surface area contributed by atoms with Gasteiger partial charge in [0.2, 0.25) is 10.0 Å². The fourth-order valence-electron chi connectivity index (χ4n) is 4.09. The molecule has 3 aromatic carbocycles. The average Bonchev–Trinajstić information content (AvgIpc) is 2.84. The summed E-state index contributed by atoms with van der Waals surface area (Å²) in [5.74, 6) is 0.163. The number of carbonyl (C=O) groups is 1. The number of ether oxygens (including phenoxy) is 2. The summed E-state index contributed by atoms with van der Waals surface area (Å²) in [6.07, 6.45) is 0.0768. The van der Waals surface area contributed by atoms with Gasteiger partial charge in [0, 0.05) is 13.1 Å². The van der Waals surface area contributed by atoms with Gasteiger partial charge in [-0.15, -0.1) is 12.4 Å². The molecular formula is C28H35ClN2O7S. The second kappa shape index (κ2) is 14.2. The quantitative estimate of drug-likeness (QED) is 0.142. The Hall–Kier alpha value is -3.31. The second-order valence-corrected chi connectivity index (χ2v) is 10.7. The molecule has 3 rings (SSSR count). The van der Waals surface area contributed by atoms with Gasteiger partial charge in [-0.25, -0.2) is 13.2 Å². The molecular weight excluding hydrogens is 544 g/mol. The molecule has 0 aliphatic carbocycles. The summed E-state index contributed by atoms with van der Waals surface area (Å²) in [6.45, 7) is 7.18. The van der Waals surface area contributed by atoms with E-state index in [4.69, 9.17) is 9.47 Å². The van der Waals surface area contributed by atoms with Gasteiger partial charge in [0.05, 0.1) is 30.2 Å². The summed E-state index contributed by atoms with van der Waals surface area (Å²) in [7, 11) is -3.57. The van der Waals surface area contributed by atoms with Crippen LogP contribution in [0, 0.1) is 13.8 Å². The Kier molecular flexibility index (Phi) is 11.6. The lowest BCUT2D eigenvalue weighted by Crippen LogP contribution is -2.26. The van der Waals surface area contributed by atoms with Crippen LogP contribution in [-0.2, 0) is 14.8 Å². The topological polar surface area (TPSA) is 134 Å². The average molecular weight is 579 g/mol. The molecule has 212 valence electrons. The number of nitrogens with one attached hydrogen (secondary N) is 2. The van der Waals surface area contributed by atoms with Gasteiger partial charge in [-0.2, -0.15) is 0 Å². The minimum absolute atomic E-state index is 0. The summed E-state index contributed by atoms with van der Waals surface area (Å²) in [4.78, 5) is 11.9. The number of esters is 1. The minimum Gasteiger partial charge on any atom is -0.506 e. The number of aromatic hydroxyl groups is 1. The minimum atomic E-state index is -3.57. The summed E-state index contributed by atoms with van der Waals surface area (Å²) in [6, 6.07) is 15.5. The third-order valence-electron chi connectivity index (χ3n) is 5.78. The molecule has 9 nitrogen and oxygen atoms in total. The number of aryl methyl sites for hydroxylation is 2. The molecule has 0 spiro atoms. The predicted octanol–water partition coefficient (Wildman–Crippen LogP) is 4.35. The number of halogens is 1. The van der Waals surface area contributed by atoms with Crippen LogP contribution in [-0.4, -0.2) is 57.2 Å². The van der Waals surface area contributed by atoms with Crippen molar-refractivity contribution in [3.8, 4) is 22.6 Å². The maximum atomic E-state index is 11.9. The van der Waals surface area contributed by atoms with Crippen molar-refractivity contribution in [1.29, 1.82) is 0 Å². The van der Waals surface area contributed by atoms with E-state index in [1.54, 1.807) is 19.1 Å². The summed E-state index contributed by atoms with van der Waals surface area (Å²) >= 11 is 0. The number of aliphatic hydroxyl groups is 1. The second-order valence-electron chi connectivity index (χ2n) is 8.95. The Balaban J connectivity index is 0.00000533. The van der Waals surface area contributed by atoms with Gasteiger partial charge in [-0.1, -0.05) is 18.2 Å². The van der Waals surface area contributed by atoms with Gasteiger partial charge < -0.3 is 25.0 Å². The van der Waals surface area contributed by atoms with E-state index in [0.29, 0.717) is 30.9 Å². The molecule has 0 aliphatic rings. The fourth-order valence-corrected chi connectivity index (χ4v) is 4.65. The highest BCUT2D eigenvalue weighted by Gasteiger charge is 2.14. The maximum absolute atomic E-state index is 11.9. The summed E-state index contributed by atoms with van der Waals surface area (Å²) in [5.41, 5.74) is 5.14. The zero-order valence-electron chi connectivity index (χ0n) is 22.4. The van der Waals surface area contributed by atoms with Crippen LogP contribution in [0.2, 0.25) is 0 Å². The highest BCUT2D eigenvalue weighted by Crippen LogP contribution is 2.31. The fraction of sp³-hybridized carbons (Fsp3) is 0.321. The number of hydrogen-bond acceptors (Lipinski definition) is 8. The van der Waals surface area contributed by atoms with E-state index >= 15 is 0 Å². The Morgan fingerprint density at radius 3 is 2.26 bits per heavy atom. The van der Waals surface area contributed by atoms with Crippen LogP contribution in [0.5, 0.6) is 11.5 Å². The largest absolute Gasteiger partial charge is 0.506 e. The third kappa shape index (κ3) is 9.14. The molecule has 0 bridgehead atoms. The van der Waals surface area contributed by atoms with Gasteiger partial charge >= 0.3 is 5.97 Å². The first-order chi connectivity index (χ1) is 18.0. The molecule has 4 N–H and O–H groups in total. The first-order valence-corrected chi connectivity index (χ1v) is 14.1. The Morgan fingerprint density at radius 1 is 1.03 bits per heavy atom. The van der Waals surface area contributed by atoms with Crippen LogP contribution in [0.25, 0.3) is 11.1 Å². The van der Waals surface area contributed by atoms with E-state index < -0.39 is 16.1 Å². The number of carbonyl (C=O) groups excluding carboxylic acids is 1. The Morgan fingerprint density at radius 2 is 1.67 bits per heavy atom. The summed E-state index contributed by atoms with van der Waals surface area (Å²) in [5, 5.41) is 23.4. The number of aliphatic hydroxyl groups excluding tert-OH is 1. The van der Waals surface area contributed by atoms with E-state index in [0.717, 1.165) is 34.3 Å². The number of anilines is 1. The van der Waals surface area contributed by atoms with Crippen molar-refractivity contribution in [3.05, 3.63) is 76.9 Å². The van der Waals surface area contributed by atoms with Gasteiger partial charge in [-0.05, 0) is 85.0 Å². The zero-order valence-corrected chi connectivity index (χ0v) is 24.0. The molecule has 0 saturated carbocycles. The maximum Gasteiger partial charge on any atom is 0.338 e. The Labute approximate surface area is 235 Å². The molecule has 0 heterocycles. The van der Waals surface area contributed by atoms with Crippen LogP contribution in [0.1, 0.15) is 40.1 Å². The van der Waals surface area contributed by atoms with Crippen molar-refractivity contribution in [1.82, 2.24) is 5.32 Å². The van der Waals surface area contributed by atoms with E-state index in [-0.39, 0.29) is 36.4 Å². The molecule has 0 aliphatic heterocycles. The molecule has 0 saturated heterocycles. The number of benzene rings is 3. The smallest absolute Gasteiger partial charge is 0.338 e. The molecule has 39 heavy (non-hydrogen) atoms. The standard InChI is InChI=1S/C28H34N2O7S.ClH/c1-5-36-28(33)21-8-6-20(7-9-21)27-18(2)14-23(15-19(27)3)37-13-12-29-17-26(32)22-10-11-25(31)24(16-22)30-38(4,34)35;/h6-11,14-16,26,29-32H,5,12-13,17H2,1-4H3;1H/t26-;/m0./s1. The molecule has 0 amide bonds. The highest BCUT2D eigenvalue weighted by atomic mass is 35.5. The van der Waals surface area contributed by atoms with Crippen LogP contribution < -0.4 is 14.8 Å². The number of sulfonamides is 1. The first kappa shape index (κ1) is 31.9. The number of hydrogen-bond donors (Lipinski definition) is 4. The van der Waals surface area contributed by atoms with Crippen LogP contribution in [0.3, 0.4) is 0 Å². The van der Waals surface area contributed by atoms with E-state index in [1.807, 2.05) is 38.1 Å². The lowest BCUT2D eigenvalue weighted by Gasteiger charge is -2.16. The van der Waals surface area contributed by atoms with Crippen molar-refractivity contribution in [2.24, 2.45) is 0 Å². The molecule has 0 aromatic heterocycles. The van der Waals surface area contributed by atoms with E-state index in [9.17, 15) is 23.4 Å². The SMILES string of the molecule is CCOC(=O)c1ccc(-c2c(C)cc(OCCNC[C@H](O)c3ccc(O)c(NS(C)(=O)=O)c3)cc2C)cc1.Cl. The molecule has 1 atom stereocenters. The number of rotatable bonds is 12. The van der Waals surface area contributed by atoms with E-state index in [1.165, 1.54) is 18.2 Å². The monoisotopic (exact) mass is 578 g/mol. The van der Waals surface area contributed by atoms with E-state index in [2.05, 4.69) is 10.0 Å². The molecule has 0 fully saturated rings. The normalized spacial score (nSPS) is 11.8. The van der Waals surface area contributed by atoms with Crippen LogP contribution in [0.4, 0.5) is 5.69 Å². The first-order valence-electron chi connectivity index (χ1n) is 12.2.